The maximum atomic E-state index is 12.0. The van der Waals surface area contributed by atoms with E-state index in [-0.39, 0.29) is 12.1 Å². The Hall–Kier alpha value is -1.49. The molecular weight excluding hydrogens is 232 g/mol. The zero-order valence-corrected chi connectivity index (χ0v) is 11.3. The number of carbonyl (C=O) groups is 1. The molecule has 0 amide bonds. The first kappa shape index (κ1) is 14.6. The summed E-state index contributed by atoms with van der Waals surface area (Å²) in [5, 5.41) is 0. The molecule has 102 valence electrons. The highest BCUT2D eigenvalue weighted by molar-refractivity contribution is 5.89. The lowest BCUT2D eigenvalue weighted by atomic mass is 10.3. The molecule has 18 heavy (non-hydrogen) atoms. The van der Waals surface area contributed by atoms with Crippen LogP contribution in [0.25, 0.3) is 0 Å². The predicted octanol–water partition coefficient (Wildman–Crippen LogP) is 2.06. The molecular formula is C13H22N2O3. The molecule has 1 rings (SSSR count). The van der Waals surface area contributed by atoms with E-state index in [1.54, 1.807) is 12.3 Å². The molecule has 1 aromatic heterocycles. The minimum Gasteiger partial charge on any atom is -0.456 e. The highest BCUT2D eigenvalue weighted by atomic mass is 16.6. The number of carbonyl (C=O) groups excluding carboxylic acids is 1. The summed E-state index contributed by atoms with van der Waals surface area (Å²) in [6.07, 6.45) is 2.43. The average Bonchev–Trinajstić information content (AvgIpc) is 2.68. The Morgan fingerprint density at radius 1 is 1.50 bits per heavy atom. The third-order valence-corrected chi connectivity index (χ3v) is 2.46. The molecule has 0 aliphatic rings. The molecule has 0 aromatic carbocycles. The van der Waals surface area contributed by atoms with E-state index in [4.69, 9.17) is 15.2 Å². The van der Waals surface area contributed by atoms with Crippen LogP contribution in [0.15, 0.2) is 12.3 Å². The molecule has 5 nitrogen and oxygen atoms in total. The molecule has 1 atom stereocenters. The summed E-state index contributed by atoms with van der Waals surface area (Å²) in [5.74, 6) is -0.354. The van der Waals surface area contributed by atoms with Gasteiger partial charge in [0.1, 0.15) is 11.8 Å². The van der Waals surface area contributed by atoms with Crippen molar-refractivity contribution in [2.45, 2.75) is 39.8 Å². The lowest BCUT2D eigenvalue weighted by Gasteiger charge is -2.14. The van der Waals surface area contributed by atoms with Gasteiger partial charge in [0, 0.05) is 19.3 Å². The largest absolute Gasteiger partial charge is 0.456 e. The minimum atomic E-state index is -0.354. The number of ether oxygens (including phenoxy) is 2. The van der Waals surface area contributed by atoms with E-state index in [2.05, 4.69) is 0 Å². The number of aromatic nitrogens is 1. The second-order valence-electron chi connectivity index (χ2n) is 4.23. The zero-order valence-electron chi connectivity index (χ0n) is 11.3. The van der Waals surface area contributed by atoms with Crippen molar-refractivity contribution in [2.24, 2.45) is 0 Å². The molecule has 0 aliphatic heterocycles. The second kappa shape index (κ2) is 7.06. The Morgan fingerprint density at radius 3 is 2.83 bits per heavy atom. The summed E-state index contributed by atoms with van der Waals surface area (Å²) in [4.78, 5) is 12.0. The van der Waals surface area contributed by atoms with Crippen LogP contribution in [-0.2, 0) is 16.0 Å². The number of nitrogens with two attached hydrogens (primary N) is 1. The summed E-state index contributed by atoms with van der Waals surface area (Å²) < 4.78 is 12.3. The van der Waals surface area contributed by atoms with Gasteiger partial charge in [-0.25, -0.2) is 4.79 Å². The number of esters is 1. The first-order chi connectivity index (χ1) is 8.58. The SMILES string of the molecule is CCCn1cc(N)cc1C(=O)OC(C)COCC. The normalized spacial score (nSPS) is 12.4. The molecule has 0 spiro atoms. The van der Waals surface area contributed by atoms with E-state index in [1.807, 2.05) is 25.3 Å². The molecule has 2 N–H and O–H groups in total. The standard InChI is InChI=1S/C13H22N2O3/c1-4-6-15-8-11(14)7-12(15)13(16)18-10(3)9-17-5-2/h7-8,10H,4-6,9,14H2,1-3H3. The monoisotopic (exact) mass is 254 g/mol. The van der Waals surface area contributed by atoms with Gasteiger partial charge in [0.2, 0.25) is 0 Å². The van der Waals surface area contributed by atoms with E-state index in [0.717, 1.165) is 13.0 Å². The third-order valence-electron chi connectivity index (χ3n) is 2.46. The van der Waals surface area contributed by atoms with Crippen molar-refractivity contribution >= 4 is 11.7 Å². The molecule has 1 heterocycles. The maximum Gasteiger partial charge on any atom is 0.355 e. The molecule has 1 aromatic rings. The number of rotatable bonds is 7. The molecule has 0 saturated carbocycles. The summed E-state index contributed by atoms with van der Waals surface area (Å²) >= 11 is 0. The number of nitrogen functional groups attached to an aromatic ring is 1. The first-order valence-electron chi connectivity index (χ1n) is 6.32. The number of hydrogen-bond donors (Lipinski definition) is 1. The van der Waals surface area contributed by atoms with E-state index in [0.29, 0.717) is 24.6 Å². The molecule has 0 saturated heterocycles. The van der Waals surface area contributed by atoms with Crippen molar-refractivity contribution in [1.82, 2.24) is 4.57 Å². The summed E-state index contributed by atoms with van der Waals surface area (Å²) in [6, 6.07) is 1.64. The van der Waals surface area contributed by atoms with Crippen molar-refractivity contribution in [3.05, 3.63) is 18.0 Å². The Bertz CT molecular complexity index is 388. The second-order valence-corrected chi connectivity index (χ2v) is 4.23. The zero-order chi connectivity index (χ0) is 13.5. The highest BCUT2D eigenvalue weighted by Gasteiger charge is 2.16. The van der Waals surface area contributed by atoms with Gasteiger partial charge in [-0.15, -0.1) is 0 Å². The Balaban J connectivity index is 2.65. The predicted molar refractivity (Wildman–Crippen MR) is 70.5 cm³/mol. The van der Waals surface area contributed by atoms with Crippen molar-refractivity contribution in [3.63, 3.8) is 0 Å². The summed E-state index contributed by atoms with van der Waals surface area (Å²) in [5.41, 5.74) is 6.78. The van der Waals surface area contributed by atoms with Gasteiger partial charge < -0.3 is 19.8 Å². The van der Waals surface area contributed by atoms with E-state index in [9.17, 15) is 4.79 Å². The van der Waals surface area contributed by atoms with Gasteiger partial charge in [0.25, 0.3) is 0 Å². The number of hydrogen-bond acceptors (Lipinski definition) is 4. The van der Waals surface area contributed by atoms with Gasteiger partial charge in [-0.1, -0.05) is 6.92 Å². The molecule has 0 radical (unpaired) electrons. The van der Waals surface area contributed by atoms with Gasteiger partial charge in [-0.05, 0) is 26.3 Å². The fourth-order valence-electron chi connectivity index (χ4n) is 1.69. The van der Waals surface area contributed by atoms with Crippen LogP contribution >= 0.6 is 0 Å². The Labute approximate surface area is 108 Å². The lowest BCUT2D eigenvalue weighted by molar-refractivity contribution is 0.00346. The molecule has 0 bridgehead atoms. The third kappa shape index (κ3) is 4.07. The van der Waals surface area contributed by atoms with Crippen LogP contribution in [0.1, 0.15) is 37.7 Å². The number of anilines is 1. The number of aryl methyl sites for hydroxylation is 1. The van der Waals surface area contributed by atoms with Crippen LogP contribution < -0.4 is 5.73 Å². The van der Waals surface area contributed by atoms with Crippen LogP contribution in [0.3, 0.4) is 0 Å². The Morgan fingerprint density at radius 2 is 2.22 bits per heavy atom. The minimum absolute atomic E-state index is 0.261. The van der Waals surface area contributed by atoms with Crippen molar-refractivity contribution in [2.75, 3.05) is 18.9 Å². The Kier molecular flexibility index (Phi) is 5.71. The van der Waals surface area contributed by atoms with Gasteiger partial charge in [-0.2, -0.15) is 0 Å². The fourth-order valence-corrected chi connectivity index (χ4v) is 1.69. The number of nitrogens with zero attached hydrogens (tertiary/aromatic N) is 1. The van der Waals surface area contributed by atoms with Crippen molar-refractivity contribution in [3.8, 4) is 0 Å². The van der Waals surface area contributed by atoms with Gasteiger partial charge in [0.05, 0.1) is 12.3 Å². The molecule has 0 aliphatic carbocycles. The van der Waals surface area contributed by atoms with Gasteiger partial charge >= 0.3 is 5.97 Å². The van der Waals surface area contributed by atoms with Crippen molar-refractivity contribution < 1.29 is 14.3 Å². The average molecular weight is 254 g/mol. The van der Waals surface area contributed by atoms with Crippen LogP contribution in [-0.4, -0.2) is 29.9 Å². The quantitative estimate of drug-likeness (QED) is 0.756. The van der Waals surface area contributed by atoms with Gasteiger partial charge in [-0.3, -0.25) is 0 Å². The van der Waals surface area contributed by atoms with Crippen LogP contribution in [0.5, 0.6) is 0 Å². The summed E-state index contributed by atoms with van der Waals surface area (Å²) in [7, 11) is 0. The van der Waals surface area contributed by atoms with E-state index < -0.39 is 0 Å². The molecule has 0 fully saturated rings. The summed E-state index contributed by atoms with van der Waals surface area (Å²) in [6.45, 7) is 7.53. The van der Waals surface area contributed by atoms with Crippen LogP contribution in [0.4, 0.5) is 5.69 Å². The maximum absolute atomic E-state index is 12.0. The lowest BCUT2D eigenvalue weighted by Crippen LogP contribution is -2.22. The topological polar surface area (TPSA) is 66.5 Å². The van der Waals surface area contributed by atoms with Crippen molar-refractivity contribution in [1.29, 1.82) is 0 Å². The first-order valence-corrected chi connectivity index (χ1v) is 6.32. The molecule has 1 unspecified atom stereocenters. The van der Waals surface area contributed by atoms with Crippen LogP contribution in [0.2, 0.25) is 0 Å². The fraction of sp³-hybridized carbons (Fsp3) is 0.615. The molecule has 5 heteroatoms. The smallest absolute Gasteiger partial charge is 0.355 e. The van der Waals surface area contributed by atoms with E-state index >= 15 is 0 Å². The highest BCUT2D eigenvalue weighted by Crippen LogP contribution is 2.13. The van der Waals surface area contributed by atoms with E-state index in [1.165, 1.54) is 0 Å². The van der Waals surface area contributed by atoms with Crippen LogP contribution in [0, 0.1) is 0 Å². The van der Waals surface area contributed by atoms with Gasteiger partial charge in [0.15, 0.2) is 0 Å².